The second-order valence-electron chi connectivity index (χ2n) is 14.5. The molecule has 1 aliphatic rings. The lowest BCUT2D eigenvalue weighted by molar-refractivity contribution is 0.660. The Hall–Kier alpha value is -6.36. The molecule has 0 bridgehead atoms. The Balaban J connectivity index is 1.16. The molecule has 0 fully saturated rings. The van der Waals surface area contributed by atoms with Crippen LogP contribution in [-0.4, -0.2) is 9.97 Å². The topological polar surface area (TPSA) is 38.9 Å². The van der Waals surface area contributed by atoms with E-state index in [4.69, 9.17) is 14.4 Å². The standard InChI is InChI=1S/C49H32N2OS/c1-49(2)39-17-9-6-14-34(39)35-25-24-32(27-40(35)49)45-47-46(37-16-8-11-19-43(37)53-47)51-48(50-45)38-26-33(28-42-44(38)36-15-7-10-18-41(36)52-42)31-22-20-30(21-23-31)29-12-4-3-5-13-29/h3-28H,1-2H3. The molecule has 0 atom stereocenters. The maximum Gasteiger partial charge on any atom is 0.161 e. The number of hydrogen-bond acceptors (Lipinski definition) is 4. The van der Waals surface area contributed by atoms with Gasteiger partial charge >= 0.3 is 0 Å². The van der Waals surface area contributed by atoms with Crippen molar-refractivity contribution < 1.29 is 4.42 Å². The average Bonchev–Trinajstić information content (AvgIpc) is 3.85. The van der Waals surface area contributed by atoms with Gasteiger partial charge in [-0.25, -0.2) is 9.97 Å². The van der Waals surface area contributed by atoms with Gasteiger partial charge in [0.25, 0.3) is 0 Å². The molecule has 53 heavy (non-hydrogen) atoms. The number of nitrogens with zero attached hydrogens (tertiary/aromatic N) is 2. The van der Waals surface area contributed by atoms with Crippen molar-refractivity contribution in [1.82, 2.24) is 9.97 Å². The number of furan rings is 1. The van der Waals surface area contributed by atoms with Gasteiger partial charge in [0.15, 0.2) is 5.82 Å². The highest BCUT2D eigenvalue weighted by atomic mass is 32.1. The highest BCUT2D eigenvalue weighted by Crippen LogP contribution is 2.50. The zero-order valence-electron chi connectivity index (χ0n) is 29.2. The van der Waals surface area contributed by atoms with E-state index in [2.05, 4.69) is 159 Å². The molecular weight excluding hydrogens is 665 g/mol. The fraction of sp³-hybridized carbons (Fsp3) is 0.0612. The van der Waals surface area contributed by atoms with Crippen molar-refractivity contribution in [1.29, 1.82) is 0 Å². The van der Waals surface area contributed by atoms with Gasteiger partial charge in [-0.2, -0.15) is 0 Å². The first kappa shape index (κ1) is 30.3. The Bertz CT molecular complexity index is 3080. The summed E-state index contributed by atoms with van der Waals surface area (Å²) in [6, 6.07) is 56.3. The minimum absolute atomic E-state index is 0.122. The zero-order chi connectivity index (χ0) is 35.3. The van der Waals surface area contributed by atoms with Crippen molar-refractivity contribution in [2.45, 2.75) is 19.3 Å². The van der Waals surface area contributed by atoms with Gasteiger partial charge in [0.05, 0.1) is 15.9 Å². The normalized spacial score (nSPS) is 13.2. The van der Waals surface area contributed by atoms with E-state index in [0.717, 1.165) is 65.5 Å². The fourth-order valence-electron chi connectivity index (χ4n) is 8.44. The predicted octanol–water partition coefficient (Wildman–Crippen LogP) is 13.7. The molecule has 4 heteroatoms. The van der Waals surface area contributed by atoms with Crippen LogP contribution >= 0.6 is 11.3 Å². The van der Waals surface area contributed by atoms with Crippen LogP contribution < -0.4 is 0 Å². The van der Waals surface area contributed by atoms with Gasteiger partial charge in [-0.3, -0.25) is 0 Å². The number of thiophene rings is 1. The second-order valence-corrected chi connectivity index (χ2v) is 15.6. The number of hydrogen-bond donors (Lipinski definition) is 0. The summed E-state index contributed by atoms with van der Waals surface area (Å²) in [5.41, 5.74) is 15.4. The van der Waals surface area contributed by atoms with Crippen molar-refractivity contribution in [2.75, 3.05) is 0 Å². The summed E-state index contributed by atoms with van der Waals surface area (Å²) in [5.74, 6) is 0.693. The van der Waals surface area contributed by atoms with Gasteiger partial charge in [-0.05, 0) is 74.8 Å². The van der Waals surface area contributed by atoms with Gasteiger partial charge < -0.3 is 4.42 Å². The smallest absolute Gasteiger partial charge is 0.161 e. The molecule has 0 saturated heterocycles. The molecule has 0 amide bonds. The summed E-state index contributed by atoms with van der Waals surface area (Å²) in [5, 5.41) is 3.23. The van der Waals surface area contributed by atoms with E-state index in [1.165, 1.54) is 38.1 Å². The maximum absolute atomic E-state index is 6.58. The van der Waals surface area contributed by atoms with Crippen LogP contribution in [0.1, 0.15) is 25.0 Å². The number of aromatic nitrogens is 2. The first-order chi connectivity index (χ1) is 26.0. The number of para-hydroxylation sites is 1. The molecule has 3 nitrogen and oxygen atoms in total. The first-order valence-electron chi connectivity index (χ1n) is 18.1. The minimum atomic E-state index is -0.122. The molecule has 0 N–H and O–H groups in total. The van der Waals surface area contributed by atoms with Crippen LogP contribution in [0.25, 0.3) is 98.3 Å². The SMILES string of the molecule is CC1(C)c2ccccc2-c2ccc(-c3nc(-c4cc(-c5ccc(-c6ccccc6)cc5)cc5oc6ccccc6c45)nc4c3sc3ccccc34)cc21. The minimum Gasteiger partial charge on any atom is -0.456 e. The lowest BCUT2D eigenvalue weighted by atomic mass is 9.82. The number of fused-ring (bicyclic) bond motifs is 9. The van der Waals surface area contributed by atoms with E-state index < -0.39 is 0 Å². The monoisotopic (exact) mass is 696 g/mol. The third kappa shape index (κ3) is 4.59. The third-order valence-electron chi connectivity index (χ3n) is 11.1. The van der Waals surface area contributed by atoms with E-state index >= 15 is 0 Å². The summed E-state index contributed by atoms with van der Waals surface area (Å²) < 4.78 is 8.88. The highest BCUT2D eigenvalue weighted by molar-refractivity contribution is 7.26. The van der Waals surface area contributed by atoms with E-state index in [0.29, 0.717) is 5.82 Å². The Morgan fingerprint density at radius 1 is 0.491 bits per heavy atom. The molecule has 0 spiro atoms. The van der Waals surface area contributed by atoms with Gasteiger partial charge in [0.1, 0.15) is 11.2 Å². The molecule has 0 saturated carbocycles. The Labute approximate surface area is 310 Å². The molecular formula is C49H32N2OS. The van der Waals surface area contributed by atoms with Crippen LogP contribution in [-0.2, 0) is 5.41 Å². The Kier molecular flexibility index (Phi) is 6.47. The quantitative estimate of drug-likeness (QED) is 0.184. The van der Waals surface area contributed by atoms with Gasteiger partial charge in [0, 0.05) is 37.4 Å². The Morgan fingerprint density at radius 2 is 1.15 bits per heavy atom. The van der Waals surface area contributed by atoms with Crippen LogP contribution in [0, 0.1) is 0 Å². The third-order valence-corrected chi connectivity index (χ3v) is 12.3. The van der Waals surface area contributed by atoms with E-state index in [-0.39, 0.29) is 5.41 Å². The molecule has 250 valence electrons. The first-order valence-corrected chi connectivity index (χ1v) is 18.9. The Morgan fingerprint density at radius 3 is 2.00 bits per heavy atom. The van der Waals surface area contributed by atoms with Crippen LogP contribution in [0.2, 0.25) is 0 Å². The summed E-state index contributed by atoms with van der Waals surface area (Å²) in [6.45, 7) is 4.67. The second kappa shape index (κ2) is 11.3. The van der Waals surface area contributed by atoms with Gasteiger partial charge in [-0.1, -0.05) is 141 Å². The molecule has 7 aromatic carbocycles. The summed E-state index contributed by atoms with van der Waals surface area (Å²) in [7, 11) is 0. The van der Waals surface area contributed by atoms with E-state index in [1.807, 2.05) is 12.1 Å². The number of benzene rings is 7. The molecule has 11 rings (SSSR count). The van der Waals surface area contributed by atoms with Crippen LogP contribution in [0.5, 0.6) is 0 Å². The largest absolute Gasteiger partial charge is 0.456 e. The zero-order valence-corrected chi connectivity index (χ0v) is 30.0. The van der Waals surface area contributed by atoms with Crippen molar-refractivity contribution >= 4 is 53.6 Å². The average molecular weight is 697 g/mol. The van der Waals surface area contributed by atoms with E-state index in [9.17, 15) is 0 Å². The number of rotatable bonds is 4. The molecule has 3 heterocycles. The molecule has 0 radical (unpaired) electrons. The fourth-order valence-corrected chi connectivity index (χ4v) is 9.60. The van der Waals surface area contributed by atoms with Crippen LogP contribution in [0.15, 0.2) is 162 Å². The molecule has 10 aromatic rings. The van der Waals surface area contributed by atoms with Crippen LogP contribution in [0.4, 0.5) is 0 Å². The maximum atomic E-state index is 6.58. The van der Waals surface area contributed by atoms with Crippen molar-refractivity contribution in [2.24, 2.45) is 0 Å². The lowest BCUT2D eigenvalue weighted by Crippen LogP contribution is -2.14. The summed E-state index contributed by atoms with van der Waals surface area (Å²) in [6.07, 6.45) is 0. The molecule has 1 aliphatic carbocycles. The van der Waals surface area contributed by atoms with E-state index in [1.54, 1.807) is 11.3 Å². The lowest BCUT2D eigenvalue weighted by Gasteiger charge is -2.22. The molecule has 0 aliphatic heterocycles. The predicted molar refractivity (Wildman–Crippen MR) is 222 cm³/mol. The van der Waals surface area contributed by atoms with Gasteiger partial charge in [-0.15, -0.1) is 11.3 Å². The molecule has 3 aromatic heterocycles. The summed E-state index contributed by atoms with van der Waals surface area (Å²) in [4.78, 5) is 11.0. The van der Waals surface area contributed by atoms with Crippen molar-refractivity contribution in [3.8, 4) is 56.0 Å². The van der Waals surface area contributed by atoms with Crippen molar-refractivity contribution in [3.63, 3.8) is 0 Å². The van der Waals surface area contributed by atoms with Crippen molar-refractivity contribution in [3.05, 3.63) is 169 Å². The van der Waals surface area contributed by atoms with Crippen LogP contribution in [0.3, 0.4) is 0 Å². The summed E-state index contributed by atoms with van der Waals surface area (Å²) >= 11 is 1.77. The van der Waals surface area contributed by atoms with Gasteiger partial charge in [0.2, 0.25) is 0 Å². The molecule has 0 unspecified atom stereocenters. The highest BCUT2D eigenvalue weighted by Gasteiger charge is 2.35.